The van der Waals surface area contributed by atoms with Crippen molar-refractivity contribution in [2.75, 3.05) is 21.3 Å². The molecule has 0 saturated heterocycles. The van der Waals surface area contributed by atoms with E-state index in [4.69, 9.17) is 13.9 Å². The van der Waals surface area contributed by atoms with Crippen LogP contribution in [0.1, 0.15) is 32.2 Å². The number of carbonyl (C=O) groups excluding carboxylic acids is 2. The van der Waals surface area contributed by atoms with Gasteiger partial charge in [-0.3, -0.25) is 0 Å². The molecule has 0 saturated carbocycles. The summed E-state index contributed by atoms with van der Waals surface area (Å²) in [5.74, 6) is -0.660. The van der Waals surface area contributed by atoms with Crippen molar-refractivity contribution in [3.8, 4) is 5.75 Å². The molecule has 27 heavy (non-hydrogen) atoms. The minimum absolute atomic E-state index is 0.0149. The van der Waals surface area contributed by atoms with Gasteiger partial charge in [-0.2, -0.15) is 0 Å². The predicted molar refractivity (Wildman–Crippen MR) is 93.1 cm³/mol. The lowest BCUT2D eigenvalue weighted by Crippen LogP contribution is -2.20. The van der Waals surface area contributed by atoms with Crippen LogP contribution in [-0.4, -0.2) is 41.6 Å². The maximum Gasteiger partial charge on any atom is 0.341 e. The zero-order chi connectivity index (χ0) is 20.2. The molecule has 0 bridgehead atoms. The molecule has 0 atom stereocenters. The number of benzene rings is 1. The van der Waals surface area contributed by atoms with Gasteiger partial charge >= 0.3 is 11.9 Å². The summed E-state index contributed by atoms with van der Waals surface area (Å²) in [6.45, 7) is 1.34. The fourth-order valence-electron chi connectivity index (χ4n) is 2.27. The second-order valence-electron chi connectivity index (χ2n) is 5.32. The summed E-state index contributed by atoms with van der Waals surface area (Å²) in [5.41, 5.74) is 0.247. The van der Waals surface area contributed by atoms with Gasteiger partial charge in [0.05, 0.1) is 19.8 Å². The lowest BCUT2D eigenvalue weighted by molar-refractivity contribution is 0.0443. The molecule has 1 aromatic carbocycles. The first-order chi connectivity index (χ1) is 12.7. The van der Waals surface area contributed by atoms with Crippen LogP contribution in [0.3, 0.4) is 0 Å². The minimum Gasteiger partial charge on any atom is -0.495 e. The Hall–Kier alpha value is -2.85. The SMILES string of the molecule is CNS(=O)(=O)c1cc(C(=O)OCc2cc(C(=O)OC)c(C)o2)ccc1OC. The van der Waals surface area contributed by atoms with E-state index in [9.17, 15) is 18.0 Å². The summed E-state index contributed by atoms with van der Waals surface area (Å²) < 4.78 is 46.4. The predicted octanol–water partition coefficient (Wildman–Crippen LogP) is 1.65. The molecule has 1 heterocycles. The lowest BCUT2D eigenvalue weighted by atomic mass is 10.2. The van der Waals surface area contributed by atoms with Crippen LogP contribution in [-0.2, 0) is 26.1 Å². The maximum absolute atomic E-state index is 12.3. The molecule has 0 spiro atoms. The van der Waals surface area contributed by atoms with Crippen molar-refractivity contribution in [2.45, 2.75) is 18.4 Å². The van der Waals surface area contributed by atoms with Crippen LogP contribution in [0.15, 0.2) is 33.6 Å². The van der Waals surface area contributed by atoms with Crippen molar-refractivity contribution in [3.05, 3.63) is 46.9 Å². The molecule has 10 heteroatoms. The van der Waals surface area contributed by atoms with E-state index in [2.05, 4.69) is 9.46 Å². The van der Waals surface area contributed by atoms with Crippen molar-refractivity contribution in [2.24, 2.45) is 0 Å². The first-order valence-corrected chi connectivity index (χ1v) is 9.18. The van der Waals surface area contributed by atoms with Crippen LogP contribution in [0.25, 0.3) is 0 Å². The third-order valence-electron chi connectivity index (χ3n) is 3.68. The smallest absolute Gasteiger partial charge is 0.341 e. The fraction of sp³-hybridized carbons (Fsp3) is 0.294. The van der Waals surface area contributed by atoms with Gasteiger partial charge in [0, 0.05) is 0 Å². The highest BCUT2D eigenvalue weighted by Crippen LogP contribution is 2.25. The number of esters is 2. The second-order valence-corrected chi connectivity index (χ2v) is 7.18. The Labute approximate surface area is 156 Å². The number of hydrogen-bond donors (Lipinski definition) is 1. The number of rotatable bonds is 7. The normalized spacial score (nSPS) is 11.1. The molecule has 0 aliphatic rings. The molecule has 1 aromatic heterocycles. The highest BCUT2D eigenvalue weighted by Gasteiger charge is 2.21. The number of furan rings is 1. The summed E-state index contributed by atoms with van der Waals surface area (Å²) in [5, 5.41) is 0. The molecular formula is C17H19NO8S. The molecule has 146 valence electrons. The molecule has 0 aliphatic heterocycles. The largest absolute Gasteiger partial charge is 0.495 e. The van der Waals surface area contributed by atoms with Gasteiger partial charge in [-0.25, -0.2) is 22.7 Å². The number of aryl methyl sites for hydroxylation is 1. The van der Waals surface area contributed by atoms with Crippen LogP contribution in [0.4, 0.5) is 0 Å². The number of hydrogen-bond acceptors (Lipinski definition) is 8. The maximum atomic E-state index is 12.3. The van der Waals surface area contributed by atoms with E-state index in [-0.39, 0.29) is 34.1 Å². The number of carbonyl (C=O) groups is 2. The fourth-order valence-corrected chi connectivity index (χ4v) is 3.19. The molecule has 0 unspecified atom stereocenters. The average molecular weight is 397 g/mol. The van der Waals surface area contributed by atoms with Gasteiger partial charge in [0.25, 0.3) is 0 Å². The monoisotopic (exact) mass is 397 g/mol. The van der Waals surface area contributed by atoms with E-state index in [1.807, 2.05) is 0 Å². The van der Waals surface area contributed by atoms with Crippen LogP contribution >= 0.6 is 0 Å². The highest BCUT2D eigenvalue weighted by atomic mass is 32.2. The third-order valence-corrected chi connectivity index (χ3v) is 5.11. The second kappa shape index (κ2) is 8.23. The van der Waals surface area contributed by atoms with Gasteiger partial charge in [-0.15, -0.1) is 0 Å². The zero-order valence-corrected chi connectivity index (χ0v) is 16.0. The van der Waals surface area contributed by atoms with E-state index < -0.39 is 22.0 Å². The Morgan fingerprint density at radius 2 is 1.85 bits per heavy atom. The third kappa shape index (κ3) is 4.47. The standard InChI is InChI=1S/C17H19NO8S/c1-10-13(17(20)24-4)8-12(26-10)9-25-16(19)11-5-6-14(23-3)15(7-11)27(21,22)18-2/h5-8,18H,9H2,1-4H3. The Bertz CT molecular complexity index is 961. The van der Waals surface area contributed by atoms with Crippen molar-refractivity contribution >= 4 is 22.0 Å². The first-order valence-electron chi connectivity index (χ1n) is 7.69. The van der Waals surface area contributed by atoms with Crippen LogP contribution < -0.4 is 9.46 Å². The quantitative estimate of drug-likeness (QED) is 0.700. The van der Waals surface area contributed by atoms with E-state index >= 15 is 0 Å². The minimum atomic E-state index is -3.83. The average Bonchev–Trinajstić information content (AvgIpc) is 3.05. The van der Waals surface area contributed by atoms with Crippen molar-refractivity contribution in [1.82, 2.24) is 4.72 Å². The van der Waals surface area contributed by atoms with E-state index in [1.165, 1.54) is 39.5 Å². The number of nitrogens with one attached hydrogen (secondary N) is 1. The molecular weight excluding hydrogens is 378 g/mol. The molecule has 1 N–H and O–H groups in total. The lowest BCUT2D eigenvalue weighted by Gasteiger charge is -2.10. The Kier molecular flexibility index (Phi) is 6.24. The van der Waals surface area contributed by atoms with Crippen molar-refractivity contribution < 1.29 is 36.6 Å². The van der Waals surface area contributed by atoms with E-state index in [0.717, 1.165) is 6.07 Å². The molecule has 2 aromatic rings. The summed E-state index contributed by atoms with van der Waals surface area (Å²) in [6, 6.07) is 5.30. The first kappa shape index (κ1) is 20.5. The van der Waals surface area contributed by atoms with Gasteiger partial charge in [-0.1, -0.05) is 0 Å². The molecule has 0 aliphatic carbocycles. The van der Waals surface area contributed by atoms with Gasteiger partial charge < -0.3 is 18.6 Å². The molecule has 0 fully saturated rings. The summed E-state index contributed by atoms with van der Waals surface area (Å²) in [6.07, 6.45) is 0. The molecule has 0 amide bonds. The van der Waals surface area contributed by atoms with Gasteiger partial charge in [-0.05, 0) is 38.2 Å². The molecule has 9 nitrogen and oxygen atoms in total. The Morgan fingerprint density at radius 1 is 1.15 bits per heavy atom. The van der Waals surface area contributed by atoms with E-state index in [1.54, 1.807) is 6.92 Å². The number of methoxy groups -OCH3 is 2. The van der Waals surface area contributed by atoms with Crippen LogP contribution in [0.2, 0.25) is 0 Å². The van der Waals surface area contributed by atoms with Gasteiger partial charge in [0.2, 0.25) is 10.0 Å². The summed E-state index contributed by atoms with van der Waals surface area (Å²) in [4.78, 5) is 23.6. The molecule has 0 radical (unpaired) electrons. The van der Waals surface area contributed by atoms with Crippen LogP contribution in [0.5, 0.6) is 5.75 Å². The van der Waals surface area contributed by atoms with Crippen molar-refractivity contribution in [1.29, 1.82) is 0 Å². The number of ether oxygens (including phenoxy) is 3. The Balaban J connectivity index is 2.19. The van der Waals surface area contributed by atoms with Crippen molar-refractivity contribution in [3.63, 3.8) is 0 Å². The summed E-state index contributed by atoms with van der Waals surface area (Å²) in [7, 11) is -0.0190. The summed E-state index contributed by atoms with van der Waals surface area (Å²) >= 11 is 0. The van der Waals surface area contributed by atoms with E-state index in [0.29, 0.717) is 5.76 Å². The topological polar surface area (TPSA) is 121 Å². The van der Waals surface area contributed by atoms with Gasteiger partial charge in [0.15, 0.2) is 0 Å². The van der Waals surface area contributed by atoms with Crippen LogP contribution in [0, 0.1) is 6.92 Å². The zero-order valence-electron chi connectivity index (χ0n) is 15.2. The van der Waals surface area contributed by atoms with Gasteiger partial charge in [0.1, 0.15) is 34.3 Å². The Morgan fingerprint density at radius 3 is 2.44 bits per heavy atom. The highest BCUT2D eigenvalue weighted by molar-refractivity contribution is 7.89. The molecule has 2 rings (SSSR count). The number of sulfonamides is 1.